The van der Waals surface area contributed by atoms with Crippen molar-refractivity contribution in [3.8, 4) is 5.69 Å². The normalized spacial score (nSPS) is 18.9. The lowest BCUT2D eigenvalue weighted by atomic mass is 9.85. The zero-order valence-corrected chi connectivity index (χ0v) is 16.4. The molecule has 2 atom stereocenters. The number of thioether (sulfide) groups is 1. The first-order chi connectivity index (χ1) is 13.9. The number of allylic oxidation sites excluding steroid dienone is 4. The molecule has 0 saturated heterocycles. The molecule has 0 spiro atoms. The molecule has 0 radical (unpaired) electrons. The fourth-order valence-electron chi connectivity index (χ4n) is 3.50. The number of para-hydroxylation sites is 1. The van der Waals surface area contributed by atoms with Gasteiger partial charge in [-0.25, -0.2) is 23.1 Å². The van der Waals surface area contributed by atoms with Crippen LogP contribution >= 0.6 is 11.8 Å². The highest BCUT2D eigenvalue weighted by Gasteiger charge is 2.25. The molecular weight excluding hydrogens is 399 g/mol. The Hall–Kier alpha value is -2.87. The van der Waals surface area contributed by atoms with Crippen molar-refractivity contribution in [2.24, 2.45) is 5.92 Å². The average Bonchev–Trinajstić information content (AvgIpc) is 2.68. The van der Waals surface area contributed by atoms with Crippen LogP contribution in [-0.4, -0.2) is 20.8 Å². The molecule has 0 bridgehead atoms. The molecule has 8 heteroatoms. The number of fused-ring (bicyclic) bond motifs is 1. The van der Waals surface area contributed by atoms with Gasteiger partial charge in [-0.2, -0.15) is 0 Å². The van der Waals surface area contributed by atoms with E-state index in [1.807, 2.05) is 6.92 Å². The minimum absolute atomic E-state index is 0.103. The molecule has 29 heavy (non-hydrogen) atoms. The maximum Gasteiger partial charge on any atom is 0.256 e. The number of nitrogens with zero attached hydrogens (tertiary/aromatic N) is 3. The first kappa shape index (κ1) is 19.4. The van der Waals surface area contributed by atoms with Gasteiger partial charge in [0.05, 0.1) is 5.69 Å². The van der Waals surface area contributed by atoms with Crippen molar-refractivity contribution in [2.45, 2.75) is 18.0 Å². The Morgan fingerprint density at radius 3 is 2.45 bits per heavy atom. The Labute approximate surface area is 168 Å². The van der Waals surface area contributed by atoms with Crippen LogP contribution < -0.4 is 5.56 Å². The molecule has 0 amide bonds. The number of hydrogen-bond donors (Lipinski definition) is 0. The van der Waals surface area contributed by atoms with Gasteiger partial charge in [0.15, 0.2) is 10.8 Å². The van der Waals surface area contributed by atoms with Crippen LogP contribution in [0.4, 0.5) is 13.2 Å². The van der Waals surface area contributed by atoms with Crippen molar-refractivity contribution < 1.29 is 13.2 Å². The summed E-state index contributed by atoms with van der Waals surface area (Å²) in [4.78, 5) is 21.6. The third-order valence-electron chi connectivity index (χ3n) is 4.87. The Bertz CT molecular complexity index is 1220. The van der Waals surface area contributed by atoms with Crippen molar-refractivity contribution in [2.75, 3.05) is 6.26 Å². The van der Waals surface area contributed by atoms with Crippen molar-refractivity contribution >= 4 is 22.8 Å². The van der Waals surface area contributed by atoms with Gasteiger partial charge in [0.2, 0.25) is 0 Å². The SMILES string of the molecule is CSc1nc(C2C=CC(F)=CC2C)c2ccc(=O)n(-c3c(F)cccc3F)c2n1. The van der Waals surface area contributed by atoms with Gasteiger partial charge in [0, 0.05) is 17.4 Å². The summed E-state index contributed by atoms with van der Waals surface area (Å²) in [5.74, 6) is -2.55. The second kappa shape index (κ2) is 7.51. The van der Waals surface area contributed by atoms with Gasteiger partial charge in [-0.3, -0.25) is 9.36 Å². The number of halogens is 3. The summed E-state index contributed by atoms with van der Waals surface area (Å²) in [6.45, 7) is 1.85. The third kappa shape index (κ3) is 3.37. The molecule has 0 N–H and O–H groups in total. The smallest absolute Gasteiger partial charge is 0.256 e. The van der Waals surface area contributed by atoms with E-state index < -0.39 is 22.9 Å². The molecule has 4 rings (SSSR count). The van der Waals surface area contributed by atoms with E-state index >= 15 is 0 Å². The van der Waals surface area contributed by atoms with Crippen LogP contribution in [0.15, 0.2) is 64.3 Å². The standard InChI is InChI=1S/C21H16F3N3OS/c1-11-10-12(22)6-7-13(11)18-14-8-9-17(28)27(20(14)26-21(25-18)29-2)19-15(23)4-3-5-16(19)24/h3-11,13H,1-2H3. The fraction of sp³-hybridized carbons (Fsp3) is 0.190. The van der Waals surface area contributed by atoms with E-state index in [1.165, 1.54) is 36.0 Å². The molecule has 2 unspecified atom stereocenters. The number of benzene rings is 1. The molecule has 3 aromatic rings. The van der Waals surface area contributed by atoms with E-state index in [0.717, 1.165) is 16.7 Å². The molecule has 1 aliphatic carbocycles. The largest absolute Gasteiger partial charge is 0.269 e. The quantitative estimate of drug-likeness (QED) is 0.450. The predicted molar refractivity (Wildman–Crippen MR) is 107 cm³/mol. The van der Waals surface area contributed by atoms with Crippen LogP contribution in [0.2, 0.25) is 0 Å². The molecule has 148 valence electrons. The van der Waals surface area contributed by atoms with Crippen molar-refractivity contribution in [3.63, 3.8) is 0 Å². The number of rotatable bonds is 3. The monoisotopic (exact) mass is 415 g/mol. The van der Waals surface area contributed by atoms with E-state index in [-0.39, 0.29) is 23.3 Å². The van der Waals surface area contributed by atoms with Crippen LogP contribution in [0.3, 0.4) is 0 Å². The molecule has 1 aromatic carbocycles. The summed E-state index contributed by atoms with van der Waals surface area (Å²) in [7, 11) is 0. The van der Waals surface area contributed by atoms with Crippen molar-refractivity contribution in [3.05, 3.63) is 82.1 Å². The van der Waals surface area contributed by atoms with Gasteiger partial charge < -0.3 is 0 Å². The highest BCUT2D eigenvalue weighted by atomic mass is 32.2. The van der Waals surface area contributed by atoms with E-state index in [4.69, 9.17) is 0 Å². The molecule has 1 aliphatic rings. The maximum atomic E-state index is 14.5. The maximum absolute atomic E-state index is 14.5. The van der Waals surface area contributed by atoms with Crippen molar-refractivity contribution in [1.29, 1.82) is 0 Å². The summed E-state index contributed by atoms with van der Waals surface area (Å²) < 4.78 is 43.5. The number of pyridine rings is 1. The number of aromatic nitrogens is 3. The molecule has 0 aliphatic heterocycles. The summed E-state index contributed by atoms with van der Waals surface area (Å²) in [5.41, 5.74) is -0.432. The lowest BCUT2D eigenvalue weighted by Gasteiger charge is -2.23. The van der Waals surface area contributed by atoms with E-state index in [9.17, 15) is 18.0 Å². The second-order valence-electron chi connectivity index (χ2n) is 6.71. The lowest BCUT2D eigenvalue weighted by Crippen LogP contribution is -2.22. The van der Waals surface area contributed by atoms with Crippen LogP contribution in [0, 0.1) is 17.6 Å². The minimum Gasteiger partial charge on any atom is -0.269 e. The first-order valence-electron chi connectivity index (χ1n) is 8.88. The van der Waals surface area contributed by atoms with Gasteiger partial charge >= 0.3 is 0 Å². The topological polar surface area (TPSA) is 47.8 Å². The van der Waals surface area contributed by atoms with Gasteiger partial charge in [-0.15, -0.1) is 0 Å². The van der Waals surface area contributed by atoms with Gasteiger partial charge in [0.25, 0.3) is 5.56 Å². The Balaban J connectivity index is 2.07. The van der Waals surface area contributed by atoms with Gasteiger partial charge in [-0.1, -0.05) is 30.8 Å². The molecule has 4 nitrogen and oxygen atoms in total. The Kier molecular flexibility index (Phi) is 5.04. The fourth-order valence-corrected chi connectivity index (χ4v) is 3.87. The van der Waals surface area contributed by atoms with E-state index in [0.29, 0.717) is 16.2 Å². The highest BCUT2D eigenvalue weighted by Crippen LogP contribution is 2.35. The summed E-state index contributed by atoms with van der Waals surface area (Å²) >= 11 is 1.24. The molecule has 0 fully saturated rings. The number of hydrogen-bond acceptors (Lipinski definition) is 4. The van der Waals surface area contributed by atoms with Crippen LogP contribution in [0.25, 0.3) is 16.7 Å². The summed E-state index contributed by atoms with van der Waals surface area (Å²) in [6, 6.07) is 6.17. The first-order valence-corrected chi connectivity index (χ1v) is 10.1. The van der Waals surface area contributed by atoms with Crippen LogP contribution in [-0.2, 0) is 0 Å². The Morgan fingerprint density at radius 1 is 1.07 bits per heavy atom. The molecule has 0 saturated carbocycles. The van der Waals surface area contributed by atoms with Crippen LogP contribution in [0.1, 0.15) is 18.5 Å². The molecular formula is C21H16F3N3OS. The zero-order chi connectivity index (χ0) is 20.7. The lowest BCUT2D eigenvalue weighted by molar-refractivity contribution is 0.563. The van der Waals surface area contributed by atoms with Crippen LogP contribution in [0.5, 0.6) is 0 Å². The summed E-state index contributed by atoms with van der Waals surface area (Å²) in [5, 5.41) is 0.821. The second-order valence-corrected chi connectivity index (χ2v) is 7.48. The van der Waals surface area contributed by atoms with Crippen molar-refractivity contribution in [1.82, 2.24) is 14.5 Å². The predicted octanol–water partition coefficient (Wildman–Crippen LogP) is 4.92. The van der Waals surface area contributed by atoms with Gasteiger partial charge in [-0.05, 0) is 42.5 Å². The zero-order valence-electron chi connectivity index (χ0n) is 15.6. The van der Waals surface area contributed by atoms with E-state index in [1.54, 1.807) is 18.4 Å². The van der Waals surface area contributed by atoms with Gasteiger partial charge in [0.1, 0.15) is 23.1 Å². The third-order valence-corrected chi connectivity index (χ3v) is 5.42. The van der Waals surface area contributed by atoms with E-state index in [2.05, 4.69) is 9.97 Å². The molecule has 2 heterocycles. The minimum atomic E-state index is -0.874. The molecule has 2 aromatic heterocycles. The average molecular weight is 415 g/mol. The highest BCUT2D eigenvalue weighted by molar-refractivity contribution is 7.98. The summed E-state index contributed by atoms with van der Waals surface area (Å²) in [6.07, 6.45) is 6.32. The Morgan fingerprint density at radius 2 is 1.79 bits per heavy atom.